The average molecular weight is 274 g/mol. The van der Waals surface area contributed by atoms with E-state index in [-0.39, 0.29) is 5.76 Å². The van der Waals surface area contributed by atoms with Gasteiger partial charge >= 0.3 is 5.91 Å². The number of carbonyl (C=O) groups excluding carboxylic acids is 1. The predicted octanol–water partition coefficient (Wildman–Crippen LogP) is 2.06. The molecule has 1 amide bonds. The molecule has 1 heterocycles. The standard InChI is InChI=1S/C14H14N2O4/c1-18-11-6-3-5-10(13(11)19-2)9-15-16-14(17)12-7-4-8-20-12/h3-9H,1-2H3,(H,16,17). The molecule has 0 aliphatic carbocycles. The summed E-state index contributed by atoms with van der Waals surface area (Å²) in [6.45, 7) is 0. The first-order chi connectivity index (χ1) is 9.76. The van der Waals surface area contributed by atoms with Crippen LogP contribution in [0.25, 0.3) is 0 Å². The summed E-state index contributed by atoms with van der Waals surface area (Å²) >= 11 is 0. The van der Waals surface area contributed by atoms with Gasteiger partial charge < -0.3 is 13.9 Å². The Balaban J connectivity index is 2.10. The van der Waals surface area contributed by atoms with Gasteiger partial charge in [-0.3, -0.25) is 4.79 Å². The summed E-state index contributed by atoms with van der Waals surface area (Å²) in [6, 6.07) is 8.55. The maximum atomic E-state index is 11.6. The van der Waals surface area contributed by atoms with Crippen molar-refractivity contribution in [1.82, 2.24) is 5.43 Å². The zero-order valence-corrected chi connectivity index (χ0v) is 11.1. The zero-order chi connectivity index (χ0) is 14.4. The van der Waals surface area contributed by atoms with E-state index in [0.717, 1.165) is 0 Å². The number of hydrogen-bond acceptors (Lipinski definition) is 5. The van der Waals surface area contributed by atoms with E-state index in [1.165, 1.54) is 19.6 Å². The number of furan rings is 1. The van der Waals surface area contributed by atoms with Gasteiger partial charge in [0.2, 0.25) is 0 Å². The minimum Gasteiger partial charge on any atom is -0.493 e. The molecule has 1 N–H and O–H groups in total. The van der Waals surface area contributed by atoms with Crippen molar-refractivity contribution < 1.29 is 18.7 Å². The summed E-state index contributed by atoms with van der Waals surface area (Å²) < 4.78 is 15.4. The van der Waals surface area contributed by atoms with Crippen molar-refractivity contribution in [1.29, 1.82) is 0 Å². The van der Waals surface area contributed by atoms with Gasteiger partial charge in [-0.25, -0.2) is 5.43 Å². The van der Waals surface area contributed by atoms with Gasteiger partial charge in [0.25, 0.3) is 0 Å². The van der Waals surface area contributed by atoms with E-state index in [1.54, 1.807) is 37.4 Å². The van der Waals surface area contributed by atoms with Gasteiger partial charge in [0.05, 0.1) is 26.7 Å². The Kier molecular flexibility index (Phi) is 4.39. The lowest BCUT2D eigenvalue weighted by Gasteiger charge is -2.09. The van der Waals surface area contributed by atoms with Crippen molar-refractivity contribution in [3.05, 3.63) is 47.9 Å². The first-order valence-electron chi connectivity index (χ1n) is 5.84. The number of hydrazone groups is 1. The first kappa shape index (κ1) is 13.7. The fourth-order valence-electron chi connectivity index (χ4n) is 1.64. The van der Waals surface area contributed by atoms with Crippen LogP contribution in [0.2, 0.25) is 0 Å². The van der Waals surface area contributed by atoms with Gasteiger partial charge in [0.15, 0.2) is 17.3 Å². The third kappa shape index (κ3) is 2.97. The Morgan fingerprint density at radius 2 is 2.10 bits per heavy atom. The number of para-hydroxylation sites is 1. The van der Waals surface area contributed by atoms with E-state index in [1.807, 2.05) is 0 Å². The van der Waals surface area contributed by atoms with Crippen LogP contribution in [0.4, 0.5) is 0 Å². The average Bonchev–Trinajstić information content (AvgIpc) is 3.01. The van der Waals surface area contributed by atoms with Crippen LogP contribution < -0.4 is 14.9 Å². The summed E-state index contributed by atoms with van der Waals surface area (Å²) in [7, 11) is 3.09. The van der Waals surface area contributed by atoms with Crippen molar-refractivity contribution >= 4 is 12.1 Å². The van der Waals surface area contributed by atoms with Crippen LogP contribution in [0, 0.1) is 0 Å². The Labute approximate surface area is 116 Å². The van der Waals surface area contributed by atoms with E-state index >= 15 is 0 Å². The summed E-state index contributed by atoms with van der Waals surface area (Å²) in [5.41, 5.74) is 3.05. The third-order valence-corrected chi connectivity index (χ3v) is 2.55. The first-order valence-corrected chi connectivity index (χ1v) is 5.84. The molecule has 0 atom stereocenters. The molecule has 2 aromatic rings. The second-order valence-corrected chi connectivity index (χ2v) is 3.76. The molecular weight excluding hydrogens is 260 g/mol. The van der Waals surface area contributed by atoms with E-state index in [4.69, 9.17) is 13.9 Å². The highest BCUT2D eigenvalue weighted by molar-refractivity contribution is 5.92. The van der Waals surface area contributed by atoms with Crippen LogP contribution in [0.1, 0.15) is 16.1 Å². The van der Waals surface area contributed by atoms with Crippen molar-refractivity contribution in [3.63, 3.8) is 0 Å². The lowest BCUT2D eigenvalue weighted by Crippen LogP contribution is -2.16. The Morgan fingerprint density at radius 1 is 1.25 bits per heavy atom. The van der Waals surface area contributed by atoms with E-state index in [0.29, 0.717) is 17.1 Å². The molecule has 1 aromatic carbocycles. The second-order valence-electron chi connectivity index (χ2n) is 3.76. The highest BCUT2D eigenvalue weighted by atomic mass is 16.5. The van der Waals surface area contributed by atoms with Crippen LogP contribution in [0.5, 0.6) is 11.5 Å². The molecule has 0 aliphatic rings. The smallest absolute Gasteiger partial charge is 0.307 e. The molecule has 6 heteroatoms. The fraction of sp³-hybridized carbons (Fsp3) is 0.143. The number of nitrogens with zero attached hydrogens (tertiary/aromatic N) is 1. The number of carbonyl (C=O) groups is 1. The van der Waals surface area contributed by atoms with Crippen LogP contribution in [0.15, 0.2) is 46.1 Å². The van der Waals surface area contributed by atoms with E-state index in [2.05, 4.69) is 10.5 Å². The Hall–Kier alpha value is -2.76. The van der Waals surface area contributed by atoms with Crippen molar-refractivity contribution in [3.8, 4) is 11.5 Å². The minimum atomic E-state index is -0.423. The Morgan fingerprint density at radius 3 is 2.75 bits per heavy atom. The number of amides is 1. The molecule has 20 heavy (non-hydrogen) atoms. The number of ether oxygens (including phenoxy) is 2. The summed E-state index contributed by atoms with van der Waals surface area (Å²) in [5, 5.41) is 3.86. The van der Waals surface area contributed by atoms with Gasteiger partial charge in [-0.15, -0.1) is 0 Å². The number of benzene rings is 1. The molecule has 0 bridgehead atoms. The van der Waals surface area contributed by atoms with Crippen molar-refractivity contribution in [2.75, 3.05) is 14.2 Å². The number of hydrogen-bond donors (Lipinski definition) is 1. The molecule has 0 aliphatic heterocycles. The summed E-state index contributed by atoms with van der Waals surface area (Å²) in [6.07, 6.45) is 2.89. The Bertz CT molecular complexity index is 606. The lowest BCUT2D eigenvalue weighted by molar-refractivity contribution is 0.0927. The predicted molar refractivity (Wildman–Crippen MR) is 73.3 cm³/mol. The van der Waals surface area contributed by atoms with Crippen LogP contribution in [-0.4, -0.2) is 26.3 Å². The molecule has 104 valence electrons. The monoisotopic (exact) mass is 274 g/mol. The number of methoxy groups -OCH3 is 2. The number of rotatable bonds is 5. The molecular formula is C14H14N2O4. The topological polar surface area (TPSA) is 73.1 Å². The van der Waals surface area contributed by atoms with Crippen molar-refractivity contribution in [2.45, 2.75) is 0 Å². The summed E-state index contributed by atoms with van der Waals surface area (Å²) in [4.78, 5) is 11.6. The summed E-state index contributed by atoms with van der Waals surface area (Å²) in [5.74, 6) is 0.910. The molecule has 2 rings (SSSR count). The minimum absolute atomic E-state index is 0.194. The third-order valence-electron chi connectivity index (χ3n) is 2.55. The number of nitrogens with one attached hydrogen (secondary N) is 1. The zero-order valence-electron chi connectivity index (χ0n) is 11.1. The van der Waals surface area contributed by atoms with Crippen LogP contribution in [-0.2, 0) is 0 Å². The van der Waals surface area contributed by atoms with Gasteiger partial charge in [0.1, 0.15) is 0 Å². The maximum Gasteiger partial charge on any atom is 0.307 e. The highest BCUT2D eigenvalue weighted by Crippen LogP contribution is 2.29. The van der Waals surface area contributed by atoms with Gasteiger partial charge in [-0.2, -0.15) is 5.10 Å². The lowest BCUT2D eigenvalue weighted by atomic mass is 10.2. The van der Waals surface area contributed by atoms with Gasteiger partial charge in [-0.05, 0) is 24.3 Å². The second kappa shape index (κ2) is 6.42. The molecule has 6 nitrogen and oxygen atoms in total. The maximum absolute atomic E-state index is 11.6. The largest absolute Gasteiger partial charge is 0.493 e. The van der Waals surface area contributed by atoms with Crippen LogP contribution >= 0.6 is 0 Å². The molecule has 0 saturated carbocycles. The molecule has 1 aromatic heterocycles. The SMILES string of the molecule is COc1cccc(C=NNC(=O)c2ccco2)c1OC. The quantitative estimate of drug-likeness (QED) is 0.669. The van der Waals surface area contributed by atoms with Crippen LogP contribution in [0.3, 0.4) is 0 Å². The molecule has 0 radical (unpaired) electrons. The molecule has 0 spiro atoms. The van der Waals surface area contributed by atoms with Gasteiger partial charge in [-0.1, -0.05) is 6.07 Å². The molecule has 0 unspecified atom stereocenters. The van der Waals surface area contributed by atoms with Gasteiger partial charge in [0, 0.05) is 5.56 Å². The fourth-order valence-corrected chi connectivity index (χ4v) is 1.64. The van der Waals surface area contributed by atoms with Crippen molar-refractivity contribution in [2.24, 2.45) is 5.10 Å². The van der Waals surface area contributed by atoms with E-state index < -0.39 is 5.91 Å². The highest BCUT2D eigenvalue weighted by Gasteiger charge is 2.08. The molecule has 0 saturated heterocycles. The molecule has 0 fully saturated rings. The normalized spacial score (nSPS) is 10.5. The van der Waals surface area contributed by atoms with E-state index in [9.17, 15) is 4.79 Å².